The number of hydrogen-bond donors (Lipinski definition) is 2. The number of carbonyl (C=O) groups excluding carboxylic acids is 2. The molecular formula is C34H32ClFN4O5. The smallest absolute Gasteiger partial charge is 0.255 e. The quantitative estimate of drug-likeness (QED) is 0.258. The number of nitrogens with one attached hydrogen (secondary N) is 2. The minimum Gasteiger partial charge on any atom is -0.493 e. The molecule has 2 aliphatic heterocycles. The van der Waals surface area contributed by atoms with Gasteiger partial charge in [-0.25, -0.2) is 4.39 Å². The van der Waals surface area contributed by atoms with E-state index in [2.05, 4.69) is 15.5 Å². The maximum Gasteiger partial charge on any atom is 0.255 e. The SMILES string of the molecule is COc1ccc(NC(=O)c2ccc(N3C[C@H]4C[C@@H](C3)c3cccc(=O)n3C4)c(NC(=O)Cc3c(F)cccc3Cl)c2)cc1OC. The third-order valence-electron chi connectivity index (χ3n) is 8.39. The van der Waals surface area contributed by atoms with Crippen LogP contribution in [0.4, 0.5) is 21.5 Å². The van der Waals surface area contributed by atoms with E-state index in [1.807, 2.05) is 16.7 Å². The van der Waals surface area contributed by atoms with Gasteiger partial charge < -0.3 is 29.6 Å². The maximum atomic E-state index is 14.5. The zero-order valence-corrected chi connectivity index (χ0v) is 25.6. The summed E-state index contributed by atoms with van der Waals surface area (Å²) in [6.45, 7) is 1.90. The van der Waals surface area contributed by atoms with Crippen molar-refractivity contribution in [2.45, 2.75) is 25.3 Å². The Morgan fingerprint density at radius 2 is 1.73 bits per heavy atom. The fraction of sp³-hybridized carbons (Fsp3) is 0.265. The zero-order chi connectivity index (χ0) is 31.7. The monoisotopic (exact) mass is 630 g/mol. The van der Waals surface area contributed by atoms with Crippen molar-refractivity contribution in [3.63, 3.8) is 0 Å². The van der Waals surface area contributed by atoms with Crippen molar-refractivity contribution in [3.05, 3.63) is 111 Å². The number of amides is 2. The number of pyridine rings is 1. The van der Waals surface area contributed by atoms with Crippen LogP contribution in [-0.4, -0.2) is 43.7 Å². The van der Waals surface area contributed by atoms with Crippen LogP contribution in [0.15, 0.2) is 77.6 Å². The molecule has 11 heteroatoms. The highest BCUT2D eigenvalue weighted by molar-refractivity contribution is 6.31. The zero-order valence-electron chi connectivity index (χ0n) is 24.8. The first-order chi connectivity index (χ1) is 21.7. The molecule has 3 heterocycles. The van der Waals surface area contributed by atoms with Crippen LogP contribution in [-0.2, 0) is 17.8 Å². The molecule has 0 saturated carbocycles. The van der Waals surface area contributed by atoms with Gasteiger partial charge in [0.2, 0.25) is 5.91 Å². The van der Waals surface area contributed by atoms with E-state index in [9.17, 15) is 18.8 Å². The number of benzene rings is 3. The van der Waals surface area contributed by atoms with Gasteiger partial charge in [-0.2, -0.15) is 0 Å². The van der Waals surface area contributed by atoms with Gasteiger partial charge in [0, 0.05) is 65.2 Å². The molecule has 6 rings (SSSR count). The Morgan fingerprint density at radius 1 is 0.933 bits per heavy atom. The Hall–Kier alpha value is -4.83. The third-order valence-corrected chi connectivity index (χ3v) is 8.75. The standard InChI is InChI=1S/C34H32ClFN4O5/c1-44-30-12-10-23(15-31(30)45-2)37-34(43)21-9-11-29(27(14-21)38-32(41)16-24-25(35)5-3-6-26(24)36)39-17-20-13-22(19-39)28-7-4-8-33(42)40(28)18-20/h3-12,14-15,20,22H,13,16-19H2,1-2H3,(H,37,43)(H,38,41)/t20-,22+/m1/s1. The summed E-state index contributed by atoms with van der Waals surface area (Å²) in [6, 6.07) is 19.8. The summed E-state index contributed by atoms with van der Waals surface area (Å²) in [4.78, 5) is 41.4. The van der Waals surface area contributed by atoms with Crippen LogP contribution in [0.3, 0.4) is 0 Å². The molecule has 1 fully saturated rings. The van der Waals surface area contributed by atoms with Crippen LogP contribution in [0, 0.1) is 11.7 Å². The van der Waals surface area contributed by atoms with E-state index in [4.69, 9.17) is 21.1 Å². The first-order valence-corrected chi connectivity index (χ1v) is 15.0. The topological polar surface area (TPSA) is 102 Å². The van der Waals surface area contributed by atoms with E-state index in [1.54, 1.807) is 42.5 Å². The predicted octanol–water partition coefficient (Wildman–Crippen LogP) is 5.72. The van der Waals surface area contributed by atoms with Crippen molar-refractivity contribution < 1.29 is 23.5 Å². The van der Waals surface area contributed by atoms with Crippen molar-refractivity contribution >= 4 is 40.5 Å². The summed E-state index contributed by atoms with van der Waals surface area (Å²) in [5, 5.41) is 5.95. The lowest BCUT2D eigenvalue weighted by Crippen LogP contribution is -2.47. The van der Waals surface area contributed by atoms with Gasteiger partial charge in [-0.05, 0) is 60.9 Å². The number of carbonyl (C=O) groups is 2. The van der Waals surface area contributed by atoms with E-state index in [-0.39, 0.29) is 34.4 Å². The van der Waals surface area contributed by atoms with E-state index in [0.717, 1.165) is 17.8 Å². The van der Waals surface area contributed by atoms with Crippen LogP contribution in [0.25, 0.3) is 0 Å². The molecule has 0 unspecified atom stereocenters. The molecule has 1 saturated heterocycles. The van der Waals surface area contributed by atoms with E-state index in [0.29, 0.717) is 48.1 Å². The Kier molecular flexibility index (Phi) is 8.49. The molecule has 2 bridgehead atoms. The number of ether oxygens (including phenoxy) is 2. The summed E-state index contributed by atoms with van der Waals surface area (Å²) in [6.07, 6.45) is 0.674. The van der Waals surface area contributed by atoms with Crippen molar-refractivity contribution in [1.29, 1.82) is 0 Å². The third kappa shape index (κ3) is 6.23. The Labute approximate surface area is 264 Å². The first kappa shape index (κ1) is 30.2. The predicted molar refractivity (Wildman–Crippen MR) is 171 cm³/mol. The molecule has 0 radical (unpaired) electrons. The Balaban J connectivity index is 1.31. The van der Waals surface area contributed by atoms with E-state index >= 15 is 0 Å². The average molecular weight is 631 g/mol. The van der Waals surface area contributed by atoms with Crippen molar-refractivity contribution in [3.8, 4) is 11.5 Å². The first-order valence-electron chi connectivity index (χ1n) is 14.6. The molecule has 2 atom stereocenters. The molecule has 1 aromatic heterocycles. The van der Waals surface area contributed by atoms with Crippen molar-refractivity contribution in [2.75, 3.05) is 42.8 Å². The Morgan fingerprint density at radius 3 is 2.51 bits per heavy atom. The van der Waals surface area contributed by atoms with E-state index in [1.165, 1.54) is 32.4 Å². The van der Waals surface area contributed by atoms with Gasteiger partial charge >= 0.3 is 0 Å². The van der Waals surface area contributed by atoms with Crippen LogP contribution in [0.5, 0.6) is 11.5 Å². The molecule has 0 aliphatic carbocycles. The highest BCUT2D eigenvalue weighted by Crippen LogP contribution is 2.39. The minimum absolute atomic E-state index is 0.000234. The normalized spacial score (nSPS) is 16.8. The number of hydrogen-bond acceptors (Lipinski definition) is 6. The fourth-order valence-electron chi connectivity index (χ4n) is 6.32. The molecule has 2 aliphatic rings. The highest BCUT2D eigenvalue weighted by Gasteiger charge is 2.35. The Bertz CT molecular complexity index is 1820. The highest BCUT2D eigenvalue weighted by atomic mass is 35.5. The number of aromatic nitrogens is 1. The number of anilines is 3. The number of methoxy groups -OCH3 is 2. The molecule has 2 amide bonds. The molecule has 45 heavy (non-hydrogen) atoms. The van der Waals surface area contributed by atoms with Crippen molar-refractivity contribution in [2.24, 2.45) is 5.92 Å². The molecule has 0 spiro atoms. The second-order valence-electron chi connectivity index (χ2n) is 11.3. The summed E-state index contributed by atoms with van der Waals surface area (Å²) >= 11 is 6.20. The molecular weight excluding hydrogens is 599 g/mol. The number of halogens is 2. The van der Waals surface area contributed by atoms with Crippen LogP contribution in [0.1, 0.15) is 34.0 Å². The lowest BCUT2D eigenvalue weighted by molar-refractivity contribution is -0.115. The molecule has 4 aromatic rings. The second kappa shape index (κ2) is 12.6. The van der Waals surface area contributed by atoms with Crippen molar-refractivity contribution in [1.82, 2.24) is 4.57 Å². The fourth-order valence-corrected chi connectivity index (χ4v) is 6.55. The number of fused-ring (bicyclic) bond motifs is 4. The lowest BCUT2D eigenvalue weighted by atomic mass is 9.83. The average Bonchev–Trinajstić information content (AvgIpc) is 3.03. The maximum absolute atomic E-state index is 14.5. The summed E-state index contributed by atoms with van der Waals surface area (Å²) in [5.74, 6) is -0.104. The number of nitrogens with zero attached hydrogens (tertiary/aromatic N) is 2. The molecule has 232 valence electrons. The molecule has 3 aromatic carbocycles. The second-order valence-corrected chi connectivity index (χ2v) is 11.7. The van der Waals surface area contributed by atoms with E-state index < -0.39 is 17.6 Å². The van der Waals surface area contributed by atoms with Gasteiger partial charge in [-0.3, -0.25) is 14.4 Å². The largest absolute Gasteiger partial charge is 0.493 e. The van der Waals surface area contributed by atoms with Crippen LogP contribution in [0.2, 0.25) is 5.02 Å². The van der Waals surface area contributed by atoms with Gasteiger partial charge in [-0.1, -0.05) is 23.7 Å². The molecule has 2 N–H and O–H groups in total. The van der Waals surface area contributed by atoms with Gasteiger partial charge in [0.25, 0.3) is 11.5 Å². The van der Waals surface area contributed by atoms with Crippen LogP contribution >= 0.6 is 11.6 Å². The summed E-state index contributed by atoms with van der Waals surface area (Å²) in [7, 11) is 3.04. The number of rotatable bonds is 8. The minimum atomic E-state index is -0.571. The van der Waals surface area contributed by atoms with Gasteiger partial charge in [0.15, 0.2) is 11.5 Å². The lowest BCUT2D eigenvalue weighted by Gasteiger charge is -2.44. The summed E-state index contributed by atoms with van der Waals surface area (Å²) < 4.78 is 27.0. The van der Waals surface area contributed by atoms with Gasteiger partial charge in [-0.15, -0.1) is 0 Å². The van der Waals surface area contributed by atoms with Gasteiger partial charge in [0.05, 0.1) is 32.0 Å². The summed E-state index contributed by atoms with van der Waals surface area (Å²) in [5.41, 5.74) is 3.04. The van der Waals surface area contributed by atoms with Crippen LogP contribution < -0.4 is 30.6 Å². The molecule has 9 nitrogen and oxygen atoms in total. The number of piperidine rings is 1. The van der Waals surface area contributed by atoms with Gasteiger partial charge in [0.1, 0.15) is 5.82 Å².